The predicted molar refractivity (Wildman–Crippen MR) is 110 cm³/mol. The standard InChI is InChI=1S/C22H24N4O3/c1-26-12-11-23-20(26)14-17-7-9-18(10-8-17)24-21(28)22(29)25-19(15-27)13-16-5-3-2-4-6-16/h2-12,19,27H,13-15H2,1H3,(H,24,28)(H,25,29)/t19-/m0/s1. The predicted octanol–water partition coefficient (Wildman–Crippen LogP) is 1.67. The van der Waals surface area contributed by atoms with Crippen molar-refractivity contribution in [3.05, 3.63) is 83.9 Å². The van der Waals surface area contributed by atoms with Gasteiger partial charge in [-0.2, -0.15) is 0 Å². The van der Waals surface area contributed by atoms with Crippen molar-refractivity contribution < 1.29 is 14.7 Å². The van der Waals surface area contributed by atoms with Gasteiger partial charge in [0.05, 0.1) is 12.6 Å². The molecule has 1 aromatic heterocycles. The average molecular weight is 392 g/mol. The first kappa shape index (κ1) is 20.3. The van der Waals surface area contributed by atoms with Crippen LogP contribution in [0.25, 0.3) is 0 Å². The second-order valence-corrected chi connectivity index (χ2v) is 6.82. The number of aryl methyl sites for hydroxylation is 1. The van der Waals surface area contributed by atoms with Crippen molar-refractivity contribution in [2.75, 3.05) is 11.9 Å². The number of carbonyl (C=O) groups is 2. The summed E-state index contributed by atoms with van der Waals surface area (Å²) in [5.74, 6) is -0.611. The largest absolute Gasteiger partial charge is 0.394 e. The van der Waals surface area contributed by atoms with Crippen LogP contribution in [0.2, 0.25) is 0 Å². The fraction of sp³-hybridized carbons (Fsp3) is 0.227. The van der Waals surface area contributed by atoms with E-state index in [1.807, 2.05) is 60.3 Å². The first-order valence-electron chi connectivity index (χ1n) is 9.37. The Hall–Kier alpha value is -3.45. The highest BCUT2D eigenvalue weighted by atomic mass is 16.3. The smallest absolute Gasteiger partial charge is 0.313 e. The molecule has 1 heterocycles. The van der Waals surface area contributed by atoms with Gasteiger partial charge < -0.3 is 20.3 Å². The minimum absolute atomic E-state index is 0.254. The molecule has 0 spiro atoms. The number of amides is 2. The lowest BCUT2D eigenvalue weighted by atomic mass is 10.1. The van der Waals surface area contributed by atoms with Gasteiger partial charge in [-0.1, -0.05) is 42.5 Å². The molecular weight excluding hydrogens is 368 g/mol. The van der Waals surface area contributed by atoms with E-state index in [-0.39, 0.29) is 6.61 Å². The van der Waals surface area contributed by atoms with Crippen molar-refractivity contribution in [3.63, 3.8) is 0 Å². The Kier molecular flexibility index (Phi) is 6.76. The molecule has 3 N–H and O–H groups in total. The third-order valence-corrected chi connectivity index (χ3v) is 4.58. The molecule has 0 radical (unpaired) electrons. The van der Waals surface area contributed by atoms with Crippen LogP contribution in [0, 0.1) is 0 Å². The molecule has 2 aromatic carbocycles. The van der Waals surface area contributed by atoms with E-state index < -0.39 is 17.9 Å². The molecule has 0 saturated heterocycles. The fourth-order valence-corrected chi connectivity index (χ4v) is 2.95. The average Bonchev–Trinajstić information content (AvgIpc) is 3.14. The van der Waals surface area contributed by atoms with E-state index in [1.54, 1.807) is 18.3 Å². The molecule has 7 nitrogen and oxygen atoms in total. The Morgan fingerprint density at radius 2 is 1.76 bits per heavy atom. The van der Waals surface area contributed by atoms with Gasteiger partial charge in [0.2, 0.25) is 0 Å². The topological polar surface area (TPSA) is 96.2 Å². The van der Waals surface area contributed by atoms with E-state index in [0.29, 0.717) is 18.5 Å². The number of anilines is 1. The van der Waals surface area contributed by atoms with Crippen LogP contribution in [0.3, 0.4) is 0 Å². The lowest BCUT2D eigenvalue weighted by Gasteiger charge is -2.16. The van der Waals surface area contributed by atoms with Crippen LogP contribution in [0.5, 0.6) is 0 Å². The number of nitrogens with zero attached hydrogens (tertiary/aromatic N) is 2. The van der Waals surface area contributed by atoms with E-state index >= 15 is 0 Å². The van der Waals surface area contributed by atoms with Crippen LogP contribution in [0.4, 0.5) is 5.69 Å². The SMILES string of the molecule is Cn1ccnc1Cc1ccc(NC(=O)C(=O)N[C@H](CO)Cc2ccccc2)cc1. The van der Waals surface area contributed by atoms with Crippen LogP contribution in [-0.4, -0.2) is 39.1 Å². The molecule has 0 saturated carbocycles. The van der Waals surface area contributed by atoms with Crippen molar-refractivity contribution in [3.8, 4) is 0 Å². The van der Waals surface area contributed by atoms with Crippen LogP contribution in [0.1, 0.15) is 17.0 Å². The second kappa shape index (κ2) is 9.66. The zero-order chi connectivity index (χ0) is 20.6. The van der Waals surface area contributed by atoms with E-state index in [0.717, 1.165) is 17.0 Å². The summed E-state index contributed by atoms with van der Waals surface area (Å²) >= 11 is 0. The van der Waals surface area contributed by atoms with Gasteiger partial charge in [0.1, 0.15) is 5.82 Å². The lowest BCUT2D eigenvalue weighted by molar-refractivity contribution is -0.136. The van der Waals surface area contributed by atoms with Crippen molar-refractivity contribution in [2.45, 2.75) is 18.9 Å². The van der Waals surface area contributed by atoms with Crippen molar-refractivity contribution in [2.24, 2.45) is 7.05 Å². The quantitative estimate of drug-likeness (QED) is 0.533. The highest BCUT2D eigenvalue weighted by Crippen LogP contribution is 2.13. The summed E-state index contributed by atoms with van der Waals surface area (Å²) in [6.45, 7) is -0.254. The molecule has 150 valence electrons. The number of rotatable bonds is 7. The molecule has 0 bridgehead atoms. The second-order valence-electron chi connectivity index (χ2n) is 6.82. The highest BCUT2D eigenvalue weighted by Gasteiger charge is 2.18. The number of benzene rings is 2. The highest BCUT2D eigenvalue weighted by molar-refractivity contribution is 6.39. The summed E-state index contributed by atoms with van der Waals surface area (Å²) in [5, 5.41) is 14.7. The number of carbonyl (C=O) groups excluding carboxylic acids is 2. The summed E-state index contributed by atoms with van der Waals surface area (Å²) < 4.78 is 1.95. The summed E-state index contributed by atoms with van der Waals surface area (Å²) in [6.07, 6.45) is 4.76. The number of nitrogens with one attached hydrogen (secondary N) is 2. The molecule has 0 fully saturated rings. The first-order valence-corrected chi connectivity index (χ1v) is 9.37. The summed E-state index contributed by atoms with van der Waals surface area (Å²) in [6, 6.07) is 16.2. The molecule has 0 unspecified atom stereocenters. The van der Waals surface area contributed by atoms with Crippen LogP contribution >= 0.6 is 0 Å². The van der Waals surface area contributed by atoms with E-state index in [4.69, 9.17) is 0 Å². The molecular formula is C22H24N4O3. The number of hydrogen-bond donors (Lipinski definition) is 3. The first-order chi connectivity index (χ1) is 14.0. The summed E-state index contributed by atoms with van der Waals surface area (Å²) in [7, 11) is 1.94. The minimum atomic E-state index is -0.780. The van der Waals surface area contributed by atoms with Gasteiger partial charge in [0.25, 0.3) is 0 Å². The van der Waals surface area contributed by atoms with Gasteiger partial charge in [-0.25, -0.2) is 4.98 Å². The number of aliphatic hydroxyl groups is 1. The molecule has 29 heavy (non-hydrogen) atoms. The van der Waals surface area contributed by atoms with Crippen molar-refractivity contribution in [1.29, 1.82) is 0 Å². The Morgan fingerprint density at radius 3 is 2.38 bits per heavy atom. The van der Waals surface area contributed by atoms with Gasteiger partial charge in [-0.15, -0.1) is 0 Å². The third kappa shape index (κ3) is 5.76. The molecule has 2 amide bonds. The zero-order valence-electron chi connectivity index (χ0n) is 16.2. The molecule has 0 aliphatic rings. The van der Waals surface area contributed by atoms with Crippen LogP contribution in [-0.2, 0) is 29.5 Å². The third-order valence-electron chi connectivity index (χ3n) is 4.58. The molecule has 0 aliphatic heterocycles. The van der Waals surface area contributed by atoms with Crippen molar-refractivity contribution in [1.82, 2.24) is 14.9 Å². The van der Waals surface area contributed by atoms with Crippen molar-refractivity contribution >= 4 is 17.5 Å². The van der Waals surface area contributed by atoms with Gasteiger partial charge in [0, 0.05) is 31.5 Å². The normalized spacial score (nSPS) is 11.7. The van der Waals surface area contributed by atoms with Gasteiger partial charge in [-0.3, -0.25) is 9.59 Å². The Morgan fingerprint density at radius 1 is 1.03 bits per heavy atom. The number of hydrogen-bond acceptors (Lipinski definition) is 4. The Labute approximate surface area is 169 Å². The molecule has 3 rings (SSSR count). The molecule has 0 aliphatic carbocycles. The van der Waals surface area contributed by atoms with Crippen LogP contribution in [0.15, 0.2) is 67.0 Å². The van der Waals surface area contributed by atoms with E-state index in [1.165, 1.54) is 0 Å². The summed E-state index contributed by atoms with van der Waals surface area (Å²) in [5.41, 5.74) is 2.54. The molecule has 7 heteroatoms. The number of imidazole rings is 1. The fourth-order valence-electron chi connectivity index (χ4n) is 2.95. The Bertz CT molecular complexity index is 952. The zero-order valence-corrected chi connectivity index (χ0v) is 16.2. The maximum absolute atomic E-state index is 12.2. The van der Waals surface area contributed by atoms with Gasteiger partial charge in [0.15, 0.2) is 0 Å². The summed E-state index contributed by atoms with van der Waals surface area (Å²) in [4.78, 5) is 28.7. The maximum atomic E-state index is 12.2. The van der Waals surface area contributed by atoms with E-state index in [9.17, 15) is 14.7 Å². The molecule has 3 aromatic rings. The Balaban J connectivity index is 1.53. The molecule has 1 atom stereocenters. The lowest BCUT2D eigenvalue weighted by Crippen LogP contribution is -2.44. The monoisotopic (exact) mass is 392 g/mol. The van der Waals surface area contributed by atoms with Gasteiger partial charge >= 0.3 is 11.8 Å². The number of aromatic nitrogens is 2. The van der Waals surface area contributed by atoms with Crippen LogP contribution < -0.4 is 10.6 Å². The maximum Gasteiger partial charge on any atom is 0.313 e. The minimum Gasteiger partial charge on any atom is -0.394 e. The number of aliphatic hydroxyl groups excluding tert-OH is 1. The van der Waals surface area contributed by atoms with E-state index in [2.05, 4.69) is 15.6 Å². The van der Waals surface area contributed by atoms with Gasteiger partial charge in [-0.05, 0) is 29.7 Å².